The predicted molar refractivity (Wildman–Crippen MR) is 112 cm³/mol. The van der Waals surface area contributed by atoms with Gasteiger partial charge in [0, 0.05) is 29.6 Å². The Kier molecular flexibility index (Phi) is 5.91. The van der Waals surface area contributed by atoms with Crippen molar-refractivity contribution in [3.05, 3.63) is 51.9 Å². The van der Waals surface area contributed by atoms with Gasteiger partial charge in [-0.15, -0.1) is 12.4 Å². The molecule has 2 heterocycles. The zero-order valence-corrected chi connectivity index (χ0v) is 17.1. The van der Waals surface area contributed by atoms with Gasteiger partial charge in [-0.1, -0.05) is 30.3 Å². The molecule has 28 heavy (non-hydrogen) atoms. The van der Waals surface area contributed by atoms with Gasteiger partial charge in [0.15, 0.2) is 0 Å². The van der Waals surface area contributed by atoms with Crippen LogP contribution in [0.3, 0.4) is 0 Å². The Bertz CT molecular complexity index is 904. The van der Waals surface area contributed by atoms with E-state index in [1.54, 1.807) is 0 Å². The summed E-state index contributed by atoms with van der Waals surface area (Å²) in [5.74, 6) is 0.789. The molecule has 0 unspecified atom stereocenters. The molecule has 1 aliphatic heterocycles. The highest BCUT2D eigenvalue weighted by Gasteiger charge is 2.44. The number of likely N-dealkylation sites (tertiary alicyclic amines) is 1. The summed E-state index contributed by atoms with van der Waals surface area (Å²) in [4.78, 5) is 34.9. The molecule has 150 valence electrons. The molecule has 2 aromatic rings. The largest absolute Gasteiger partial charge is 0.341 e. The molecule has 0 saturated carbocycles. The summed E-state index contributed by atoms with van der Waals surface area (Å²) in [5.41, 5.74) is 2.62. The molecule has 2 N–H and O–H groups in total. The van der Waals surface area contributed by atoms with E-state index in [0.717, 1.165) is 55.6 Å². The van der Waals surface area contributed by atoms with Crippen molar-refractivity contribution in [1.82, 2.24) is 20.2 Å². The number of hydrogen-bond donors (Lipinski definition) is 2. The number of halogens is 1. The molecule has 1 fully saturated rings. The lowest BCUT2D eigenvalue weighted by Gasteiger charge is -2.40. The molecule has 0 bridgehead atoms. The first-order valence-corrected chi connectivity index (χ1v) is 9.69. The van der Waals surface area contributed by atoms with E-state index in [9.17, 15) is 9.59 Å². The quantitative estimate of drug-likeness (QED) is 0.825. The number of aromatic amines is 1. The van der Waals surface area contributed by atoms with Crippen molar-refractivity contribution in [1.29, 1.82) is 0 Å². The number of carbonyl (C=O) groups excluding carboxylic acids is 1. The van der Waals surface area contributed by atoms with Crippen LogP contribution in [0.4, 0.5) is 0 Å². The lowest BCUT2D eigenvalue weighted by molar-refractivity contribution is -0.134. The molecule has 1 saturated heterocycles. The molecule has 0 radical (unpaired) electrons. The molecule has 1 aliphatic carbocycles. The number of rotatable bonds is 3. The van der Waals surface area contributed by atoms with E-state index in [1.165, 1.54) is 0 Å². The Balaban J connectivity index is 0.00000225. The lowest BCUT2D eigenvalue weighted by Crippen LogP contribution is -2.50. The molecule has 1 atom stereocenters. The van der Waals surface area contributed by atoms with Crippen molar-refractivity contribution < 1.29 is 4.79 Å². The summed E-state index contributed by atoms with van der Waals surface area (Å²) in [7, 11) is 1.81. The normalized spacial score (nSPS) is 18.4. The Morgan fingerprint density at radius 1 is 1.21 bits per heavy atom. The molecular weight excluding hydrogens is 376 g/mol. The van der Waals surface area contributed by atoms with Crippen LogP contribution >= 0.6 is 12.4 Å². The van der Waals surface area contributed by atoms with Gasteiger partial charge in [0.2, 0.25) is 5.91 Å². The van der Waals surface area contributed by atoms with Crippen LogP contribution in [0.15, 0.2) is 35.1 Å². The molecular formula is C21H27ClN4O2. The maximum absolute atomic E-state index is 12.7. The van der Waals surface area contributed by atoms with E-state index in [1.807, 2.05) is 49.2 Å². The summed E-state index contributed by atoms with van der Waals surface area (Å²) in [6.07, 6.45) is 3.45. The predicted octanol–water partition coefficient (Wildman–Crippen LogP) is 2.27. The smallest absolute Gasteiger partial charge is 0.254 e. The van der Waals surface area contributed by atoms with Gasteiger partial charge in [-0.05, 0) is 39.7 Å². The number of amides is 1. The summed E-state index contributed by atoms with van der Waals surface area (Å²) in [6.45, 7) is 3.34. The van der Waals surface area contributed by atoms with Gasteiger partial charge in [0.1, 0.15) is 5.82 Å². The molecule has 7 heteroatoms. The highest BCUT2D eigenvalue weighted by atomic mass is 35.5. The number of carbonyl (C=O) groups is 1. The number of fused-ring (bicyclic) bond motifs is 2. The van der Waals surface area contributed by atoms with E-state index >= 15 is 0 Å². The van der Waals surface area contributed by atoms with Crippen LogP contribution < -0.4 is 10.9 Å². The van der Waals surface area contributed by atoms with Crippen LogP contribution in [-0.4, -0.2) is 47.0 Å². The number of nitrogens with one attached hydrogen (secondary N) is 2. The Labute approximate surface area is 171 Å². The second-order valence-electron chi connectivity index (χ2n) is 7.72. The lowest BCUT2D eigenvalue weighted by atomic mass is 9.76. The third-order valence-electron chi connectivity index (χ3n) is 6.25. The van der Waals surface area contributed by atoms with Gasteiger partial charge in [-0.2, -0.15) is 0 Å². The first kappa shape index (κ1) is 20.6. The number of H-pyrrole nitrogens is 1. The maximum atomic E-state index is 12.7. The van der Waals surface area contributed by atoms with Crippen LogP contribution in [0.2, 0.25) is 0 Å². The zero-order valence-electron chi connectivity index (χ0n) is 16.3. The first-order valence-electron chi connectivity index (χ1n) is 9.69. The number of benzene rings is 1. The van der Waals surface area contributed by atoms with E-state index in [0.29, 0.717) is 5.82 Å². The molecule has 1 aromatic heterocycles. The highest BCUT2D eigenvalue weighted by Crippen LogP contribution is 2.44. The summed E-state index contributed by atoms with van der Waals surface area (Å²) in [6, 6.07) is 9.62. The minimum atomic E-state index is -0.166. The van der Waals surface area contributed by atoms with Gasteiger partial charge in [0.05, 0.1) is 11.7 Å². The monoisotopic (exact) mass is 402 g/mol. The minimum absolute atomic E-state index is 0. The van der Waals surface area contributed by atoms with Crippen molar-refractivity contribution >= 4 is 18.3 Å². The van der Waals surface area contributed by atoms with Crippen molar-refractivity contribution in [3.8, 4) is 11.4 Å². The van der Waals surface area contributed by atoms with Gasteiger partial charge >= 0.3 is 0 Å². The molecule has 1 amide bonds. The molecule has 6 nitrogen and oxygen atoms in total. The van der Waals surface area contributed by atoms with Gasteiger partial charge in [0.25, 0.3) is 5.56 Å². The van der Waals surface area contributed by atoms with Crippen molar-refractivity contribution in [2.75, 3.05) is 20.1 Å². The van der Waals surface area contributed by atoms with Gasteiger partial charge in [-0.3, -0.25) is 9.59 Å². The van der Waals surface area contributed by atoms with Crippen molar-refractivity contribution in [2.45, 2.75) is 44.1 Å². The fraction of sp³-hybridized carbons (Fsp3) is 0.476. The van der Waals surface area contributed by atoms with E-state index in [-0.39, 0.29) is 35.3 Å². The summed E-state index contributed by atoms with van der Waals surface area (Å²) in [5, 5.41) is 3.02. The average Bonchev–Trinajstić information content (AvgIpc) is 3.06. The minimum Gasteiger partial charge on any atom is -0.341 e. The number of hydrogen-bond acceptors (Lipinski definition) is 4. The van der Waals surface area contributed by atoms with Crippen LogP contribution in [0.5, 0.6) is 0 Å². The third kappa shape index (κ3) is 3.47. The van der Waals surface area contributed by atoms with Crippen LogP contribution in [0, 0.1) is 0 Å². The van der Waals surface area contributed by atoms with E-state index in [4.69, 9.17) is 4.98 Å². The molecule has 1 spiro atoms. The van der Waals surface area contributed by atoms with Gasteiger partial charge < -0.3 is 15.2 Å². The average molecular weight is 403 g/mol. The Morgan fingerprint density at radius 2 is 1.89 bits per heavy atom. The maximum Gasteiger partial charge on any atom is 0.254 e. The highest BCUT2D eigenvalue weighted by molar-refractivity contribution is 5.85. The number of piperidine rings is 1. The van der Waals surface area contributed by atoms with Crippen molar-refractivity contribution in [2.24, 2.45) is 0 Å². The molecule has 4 rings (SSSR count). The summed E-state index contributed by atoms with van der Waals surface area (Å²) < 4.78 is 0. The fourth-order valence-corrected chi connectivity index (χ4v) is 4.42. The number of likely N-dealkylation sites (N-methyl/N-ethyl adjacent to an activating group) is 1. The van der Waals surface area contributed by atoms with Crippen LogP contribution in [-0.2, 0) is 16.6 Å². The first-order chi connectivity index (χ1) is 13.0. The van der Waals surface area contributed by atoms with E-state index in [2.05, 4.69) is 10.3 Å². The number of nitrogens with zero attached hydrogens (tertiary/aromatic N) is 2. The second-order valence-corrected chi connectivity index (χ2v) is 7.72. The molecule has 1 aromatic carbocycles. The van der Waals surface area contributed by atoms with Crippen LogP contribution in [0.25, 0.3) is 11.4 Å². The second kappa shape index (κ2) is 8.05. The fourth-order valence-electron chi connectivity index (χ4n) is 4.42. The van der Waals surface area contributed by atoms with Crippen LogP contribution in [0.1, 0.15) is 37.4 Å². The summed E-state index contributed by atoms with van der Waals surface area (Å²) >= 11 is 0. The Hall–Kier alpha value is -2.18. The standard InChI is InChI=1S/C21H26N4O2.ClH/c1-14(22-2)20(27)25-12-10-21(11-13-25)9-8-16-17(21)23-18(24-19(16)26)15-6-4-3-5-7-15;/h3-7,14,22H,8-13H2,1-2H3,(H,23,24,26);1H/t14-;/m0./s1. The third-order valence-corrected chi connectivity index (χ3v) is 6.25. The Morgan fingerprint density at radius 3 is 2.54 bits per heavy atom. The topological polar surface area (TPSA) is 78.1 Å². The zero-order chi connectivity index (χ0) is 19.0. The van der Waals surface area contributed by atoms with Crippen molar-refractivity contribution in [3.63, 3.8) is 0 Å². The van der Waals surface area contributed by atoms with E-state index < -0.39 is 0 Å². The molecule has 2 aliphatic rings. The number of aromatic nitrogens is 2. The SMILES string of the molecule is CN[C@@H](C)C(=O)N1CCC2(CCc3c2nc(-c2ccccc2)[nH]c3=O)CC1.Cl. The van der Waals surface area contributed by atoms with Gasteiger partial charge in [-0.25, -0.2) is 4.98 Å².